The Bertz CT molecular complexity index is 358. The van der Waals surface area contributed by atoms with E-state index < -0.39 is 10.1 Å². The highest BCUT2D eigenvalue weighted by atomic mass is 32.2. The molecule has 0 unspecified atom stereocenters. The van der Waals surface area contributed by atoms with Crippen LogP contribution in [0.25, 0.3) is 0 Å². The van der Waals surface area contributed by atoms with Crippen molar-refractivity contribution in [1.29, 1.82) is 0 Å². The summed E-state index contributed by atoms with van der Waals surface area (Å²) in [6.45, 7) is 2.27. The van der Waals surface area contributed by atoms with Gasteiger partial charge in [0.05, 0.1) is 5.75 Å². The SMILES string of the molecule is CCCCCCCCCCCCCCCCCCCCS(=O)(=O)ON. The second kappa shape index (κ2) is 18.7. The van der Waals surface area contributed by atoms with E-state index >= 15 is 0 Å². The lowest BCUT2D eigenvalue weighted by Crippen LogP contribution is -2.14. The maximum absolute atomic E-state index is 11.0. The maximum Gasteiger partial charge on any atom is 0.283 e. The molecule has 0 spiro atoms. The van der Waals surface area contributed by atoms with Crippen LogP contribution in [0, 0.1) is 0 Å². The maximum atomic E-state index is 11.0. The van der Waals surface area contributed by atoms with E-state index in [0.29, 0.717) is 6.42 Å². The largest absolute Gasteiger partial charge is 0.283 e. The van der Waals surface area contributed by atoms with Crippen molar-refractivity contribution in [2.45, 2.75) is 122 Å². The second-order valence-electron chi connectivity index (χ2n) is 7.37. The van der Waals surface area contributed by atoms with Crippen molar-refractivity contribution in [3.63, 3.8) is 0 Å². The first-order valence-electron chi connectivity index (χ1n) is 10.7. The quantitative estimate of drug-likeness (QED) is 0.201. The predicted octanol–water partition coefficient (Wildman–Crippen LogP) is 6.25. The first-order valence-corrected chi connectivity index (χ1v) is 12.3. The Labute approximate surface area is 157 Å². The van der Waals surface area contributed by atoms with Crippen LogP contribution in [0.15, 0.2) is 0 Å². The molecule has 0 aliphatic carbocycles. The average molecular weight is 378 g/mol. The summed E-state index contributed by atoms with van der Waals surface area (Å²) < 4.78 is 26.0. The first kappa shape index (κ1) is 24.9. The second-order valence-corrected chi connectivity index (χ2v) is 9.08. The molecule has 25 heavy (non-hydrogen) atoms. The van der Waals surface area contributed by atoms with Gasteiger partial charge in [-0.25, -0.2) is 0 Å². The van der Waals surface area contributed by atoms with Crippen LogP contribution < -0.4 is 5.90 Å². The lowest BCUT2D eigenvalue weighted by atomic mass is 10.0. The number of nitrogens with two attached hydrogens (primary N) is 1. The summed E-state index contributed by atoms with van der Waals surface area (Å²) in [6, 6.07) is 0. The smallest absolute Gasteiger partial charge is 0.198 e. The van der Waals surface area contributed by atoms with Gasteiger partial charge < -0.3 is 0 Å². The fraction of sp³-hybridized carbons (Fsp3) is 1.00. The molecule has 0 bridgehead atoms. The standard InChI is InChI=1S/C20H43NO3S/c1-2-3-4-5-6-7-8-9-10-11-12-13-14-15-16-17-18-19-20-25(22,23)24-21/h2-21H2,1H3. The van der Waals surface area contributed by atoms with Crippen molar-refractivity contribution in [3.05, 3.63) is 0 Å². The molecule has 0 atom stereocenters. The number of rotatable bonds is 20. The molecule has 0 aromatic heterocycles. The van der Waals surface area contributed by atoms with Crippen LogP contribution in [0.5, 0.6) is 0 Å². The van der Waals surface area contributed by atoms with Gasteiger partial charge >= 0.3 is 0 Å². The zero-order valence-corrected chi connectivity index (χ0v) is 17.5. The summed E-state index contributed by atoms with van der Waals surface area (Å²) in [5.41, 5.74) is 0. The summed E-state index contributed by atoms with van der Waals surface area (Å²) in [7, 11) is -3.46. The molecular weight excluding hydrogens is 334 g/mol. The van der Waals surface area contributed by atoms with Crippen LogP contribution in [-0.4, -0.2) is 14.2 Å². The summed E-state index contributed by atoms with van der Waals surface area (Å²) in [4.78, 5) is 0. The van der Waals surface area contributed by atoms with Crippen molar-refractivity contribution in [2.24, 2.45) is 5.90 Å². The Morgan fingerprint density at radius 3 is 1.12 bits per heavy atom. The van der Waals surface area contributed by atoms with Gasteiger partial charge in [-0.2, -0.15) is 18.6 Å². The van der Waals surface area contributed by atoms with Gasteiger partial charge in [-0.15, -0.1) is 0 Å². The third kappa shape index (κ3) is 20.0. The predicted molar refractivity (Wildman–Crippen MR) is 108 cm³/mol. The molecule has 0 aliphatic rings. The van der Waals surface area contributed by atoms with Crippen LogP contribution >= 0.6 is 0 Å². The minimum absolute atomic E-state index is 0.0439. The van der Waals surface area contributed by atoms with Gasteiger partial charge in [0.1, 0.15) is 0 Å². The van der Waals surface area contributed by atoms with Gasteiger partial charge in [0.2, 0.25) is 0 Å². The van der Waals surface area contributed by atoms with E-state index in [1.54, 1.807) is 0 Å². The molecule has 0 heterocycles. The van der Waals surface area contributed by atoms with Crippen molar-refractivity contribution in [1.82, 2.24) is 0 Å². The van der Waals surface area contributed by atoms with Gasteiger partial charge in [0, 0.05) is 0 Å². The van der Waals surface area contributed by atoms with E-state index in [-0.39, 0.29) is 5.75 Å². The molecule has 4 nitrogen and oxygen atoms in total. The third-order valence-corrected chi connectivity index (χ3v) is 5.98. The Morgan fingerprint density at radius 1 is 0.560 bits per heavy atom. The van der Waals surface area contributed by atoms with E-state index in [4.69, 9.17) is 5.90 Å². The molecule has 5 heteroatoms. The summed E-state index contributed by atoms with van der Waals surface area (Å²) in [5, 5.41) is 0. The highest BCUT2D eigenvalue weighted by Crippen LogP contribution is 2.14. The van der Waals surface area contributed by atoms with Gasteiger partial charge in [-0.3, -0.25) is 0 Å². The number of hydrogen-bond donors (Lipinski definition) is 1. The summed E-state index contributed by atoms with van der Waals surface area (Å²) in [5.74, 6) is 4.74. The van der Waals surface area contributed by atoms with E-state index in [1.165, 1.54) is 96.3 Å². The van der Waals surface area contributed by atoms with E-state index in [9.17, 15) is 8.42 Å². The third-order valence-electron chi connectivity index (χ3n) is 4.89. The van der Waals surface area contributed by atoms with Gasteiger partial charge in [0.25, 0.3) is 10.1 Å². The molecule has 0 fully saturated rings. The number of unbranched alkanes of at least 4 members (excludes halogenated alkanes) is 17. The molecule has 0 aromatic carbocycles. The normalized spacial score (nSPS) is 11.9. The number of hydrogen-bond acceptors (Lipinski definition) is 4. The van der Waals surface area contributed by atoms with Crippen LogP contribution in [0.2, 0.25) is 0 Å². The molecule has 0 amide bonds. The first-order chi connectivity index (χ1) is 12.1. The van der Waals surface area contributed by atoms with E-state index in [0.717, 1.165) is 12.8 Å². The van der Waals surface area contributed by atoms with Crippen LogP contribution in [-0.2, 0) is 14.4 Å². The molecular formula is C20H43NO3S. The Morgan fingerprint density at radius 2 is 0.840 bits per heavy atom. The molecule has 0 saturated carbocycles. The van der Waals surface area contributed by atoms with Crippen LogP contribution in [0.3, 0.4) is 0 Å². The minimum Gasteiger partial charge on any atom is -0.198 e. The lowest BCUT2D eigenvalue weighted by Gasteiger charge is -2.04. The molecule has 0 radical (unpaired) electrons. The van der Waals surface area contributed by atoms with E-state index in [1.807, 2.05) is 0 Å². The highest BCUT2D eigenvalue weighted by Gasteiger charge is 2.07. The monoisotopic (exact) mass is 377 g/mol. The lowest BCUT2D eigenvalue weighted by molar-refractivity contribution is 0.332. The zero-order chi connectivity index (χ0) is 18.6. The van der Waals surface area contributed by atoms with Crippen LogP contribution in [0.1, 0.15) is 122 Å². The average Bonchev–Trinajstić information content (AvgIpc) is 2.60. The molecule has 0 saturated heterocycles. The van der Waals surface area contributed by atoms with Crippen molar-refractivity contribution < 1.29 is 12.7 Å². The fourth-order valence-corrected chi connectivity index (χ4v) is 3.88. The zero-order valence-electron chi connectivity index (χ0n) is 16.6. The van der Waals surface area contributed by atoms with Gasteiger partial charge in [-0.1, -0.05) is 116 Å². The highest BCUT2D eigenvalue weighted by molar-refractivity contribution is 7.86. The summed E-state index contributed by atoms with van der Waals surface area (Å²) in [6.07, 6.45) is 23.4. The van der Waals surface area contributed by atoms with Crippen LogP contribution in [0.4, 0.5) is 0 Å². The van der Waals surface area contributed by atoms with Crippen molar-refractivity contribution >= 4 is 10.1 Å². The molecule has 0 rings (SSSR count). The van der Waals surface area contributed by atoms with Gasteiger partial charge in [-0.05, 0) is 6.42 Å². The van der Waals surface area contributed by atoms with Gasteiger partial charge in [0.15, 0.2) is 0 Å². The topological polar surface area (TPSA) is 69.4 Å². The fourth-order valence-electron chi connectivity index (χ4n) is 3.23. The Balaban J connectivity index is 3.07. The van der Waals surface area contributed by atoms with Crippen molar-refractivity contribution in [2.75, 3.05) is 5.75 Å². The molecule has 0 aromatic rings. The Hall–Kier alpha value is -0.130. The minimum atomic E-state index is -3.46. The summed E-state index contributed by atoms with van der Waals surface area (Å²) >= 11 is 0. The molecule has 2 N–H and O–H groups in total. The Kier molecular flexibility index (Phi) is 18.6. The van der Waals surface area contributed by atoms with E-state index in [2.05, 4.69) is 11.2 Å². The molecule has 0 aliphatic heterocycles. The molecule has 152 valence electrons. The van der Waals surface area contributed by atoms with Crippen molar-refractivity contribution in [3.8, 4) is 0 Å².